The minimum Gasteiger partial charge on any atom is -0.410 e. The molecule has 0 amide bonds. The molecule has 1 aromatic carbocycles. The normalized spacial score (nSPS) is 12.4. The Kier molecular flexibility index (Phi) is 4.09. The predicted octanol–water partition coefficient (Wildman–Crippen LogP) is 3.63. The van der Waals surface area contributed by atoms with Crippen molar-refractivity contribution in [1.82, 2.24) is 30.4 Å². The van der Waals surface area contributed by atoms with Crippen molar-refractivity contribution in [1.29, 1.82) is 0 Å². The number of hydrogen-bond donors (Lipinski definition) is 0. The Morgan fingerprint density at radius 3 is 2.75 bits per heavy atom. The van der Waals surface area contributed by atoms with Crippen molar-refractivity contribution in [2.24, 2.45) is 0 Å². The Morgan fingerprint density at radius 2 is 1.96 bits per heavy atom. The number of benzene rings is 1. The van der Waals surface area contributed by atoms with E-state index < -0.39 is 0 Å². The van der Waals surface area contributed by atoms with Crippen LogP contribution in [-0.4, -0.2) is 30.4 Å². The molecular formula is C15H12N6OS2. The van der Waals surface area contributed by atoms with E-state index in [1.54, 1.807) is 16.0 Å². The molecule has 0 radical (unpaired) electrons. The van der Waals surface area contributed by atoms with Gasteiger partial charge in [-0.3, -0.25) is 0 Å². The first-order chi connectivity index (χ1) is 11.8. The van der Waals surface area contributed by atoms with Crippen LogP contribution in [0.2, 0.25) is 0 Å². The molecule has 0 saturated heterocycles. The molecule has 0 fully saturated rings. The van der Waals surface area contributed by atoms with Crippen LogP contribution in [0.4, 0.5) is 0 Å². The molecule has 0 saturated carbocycles. The van der Waals surface area contributed by atoms with Gasteiger partial charge in [0.25, 0.3) is 11.1 Å². The van der Waals surface area contributed by atoms with Crippen molar-refractivity contribution in [3.63, 3.8) is 0 Å². The molecule has 7 nitrogen and oxygen atoms in total. The largest absolute Gasteiger partial charge is 0.410 e. The number of para-hydroxylation sites is 1. The van der Waals surface area contributed by atoms with Crippen LogP contribution in [0.25, 0.3) is 16.5 Å². The summed E-state index contributed by atoms with van der Waals surface area (Å²) in [6.45, 7) is 2.00. The topological polar surface area (TPSA) is 82.5 Å². The summed E-state index contributed by atoms with van der Waals surface area (Å²) in [5.41, 5.74) is 0.912. The molecular weight excluding hydrogens is 344 g/mol. The van der Waals surface area contributed by atoms with Gasteiger partial charge in [0.2, 0.25) is 0 Å². The summed E-state index contributed by atoms with van der Waals surface area (Å²) in [5, 5.41) is 22.6. The third-order valence-corrected chi connectivity index (χ3v) is 5.06. The Labute approximate surface area is 145 Å². The van der Waals surface area contributed by atoms with E-state index in [1.807, 2.05) is 54.8 Å². The predicted molar refractivity (Wildman–Crippen MR) is 91.0 cm³/mol. The van der Waals surface area contributed by atoms with E-state index in [1.165, 1.54) is 11.8 Å². The highest BCUT2D eigenvalue weighted by molar-refractivity contribution is 7.99. The third-order valence-electron chi connectivity index (χ3n) is 3.27. The zero-order chi connectivity index (χ0) is 16.4. The SMILES string of the molecule is C[C@@H](Sc1nnc(-c2cccs2)o1)c1nnnn1-c1ccccc1. The van der Waals surface area contributed by atoms with Crippen LogP contribution in [0.15, 0.2) is 57.5 Å². The van der Waals surface area contributed by atoms with Crippen molar-refractivity contribution in [3.8, 4) is 16.5 Å². The monoisotopic (exact) mass is 356 g/mol. The molecule has 0 N–H and O–H groups in total. The number of thiophene rings is 1. The molecule has 1 atom stereocenters. The highest BCUT2D eigenvalue weighted by Crippen LogP contribution is 2.35. The van der Waals surface area contributed by atoms with Gasteiger partial charge in [0, 0.05) is 0 Å². The number of tetrazole rings is 1. The smallest absolute Gasteiger partial charge is 0.277 e. The minimum absolute atomic E-state index is 0.0446. The second-order valence-electron chi connectivity index (χ2n) is 4.89. The lowest BCUT2D eigenvalue weighted by molar-refractivity contribution is 0.465. The van der Waals surface area contributed by atoms with Crippen LogP contribution < -0.4 is 0 Å². The highest BCUT2D eigenvalue weighted by Gasteiger charge is 2.20. The van der Waals surface area contributed by atoms with Gasteiger partial charge < -0.3 is 4.42 Å². The molecule has 24 heavy (non-hydrogen) atoms. The van der Waals surface area contributed by atoms with Gasteiger partial charge in [-0.25, -0.2) is 0 Å². The van der Waals surface area contributed by atoms with E-state index in [-0.39, 0.29) is 5.25 Å². The van der Waals surface area contributed by atoms with E-state index in [0.717, 1.165) is 16.4 Å². The first-order valence-electron chi connectivity index (χ1n) is 7.19. The van der Waals surface area contributed by atoms with Crippen molar-refractivity contribution >= 4 is 23.1 Å². The Morgan fingerprint density at radius 1 is 1.08 bits per heavy atom. The maximum Gasteiger partial charge on any atom is 0.277 e. The van der Waals surface area contributed by atoms with Crippen molar-refractivity contribution in [2.45, 2.75) is 17.4 Å². The zero-order valence-electron chi connectivity index (χ0n) is 12.6. The second-order valence-corrected chi connectivity index (χ2v) is 7.13. The first-order valence-corrected chi connectivity index (χ1v) is 8.95. The lowest BCUT2D eigenvalue weighted by atomic mass is 10.3. The molecule has 0 unspecified atom stereocenters. The quantitative estimate of drug-likeness (QED) is 0.505. The molecule has 0 spiro atoms. The lowest BCUT2D eigenvalue weighted by Gasteiger charge is -2.08. The maximum absolute atomic E-state index is 5.72. The summed E-state index contributed by atoms with van der Waals surface area (Å²) in [6, 6.07) is 13.7. The van der Waals surface area contributed by atoms with Crippen LogP contribution >= 0.6 is 23.1 Å². The van der Waals surface area contributed by atoms with E-state index in [2.05, 4.69) is 25.7 Å². The van der Waals surface area contributed by atoms with Gasteiger partial charge in [0.15, 0.2) is 5.82 Å². The lowest BCUT2D eigenvalue weighted by Crippen LogP contribution is -2.04. The molecule has 9 heteroatoms. The number of nitrogens with zero attached hydrogens (tertiary/aromatic N) is 6. The van der Waals surface area contributed by atoms with Crippen molar-refractivity contribution < 1.29 is 4.42 Å². The molecule has 0 aliphatic carbocycles. The number of thioether (sulfide) groups is 1. The molecule has 0 aliphatic rings. The Hall–Kier alpha value is -2.52. The maximum atomic E-state index is 5.72. The van der Waals surface area contributed by atoms with Gasteiger partial charge in [-0.05, 0) is 40.9 Å². The van der Waals surface area contributed by atoms with Crippen molar-refractivity contribution in [2.75, 3.05) is 0 Å². The van der Waals surface area contributed by atoms with E-state index in [9.17, 15) is 0 Å². The number of rotatable bonds is 5. The Balaban J connectivity index is 1.55. The third kappa shape index (κ3) is 2.95. The summed E-state index contributed by atoms with van der Waals surface area (Å²) in [7, 11) is 0. The van der Waals surface area contributed by atoms with Crippen LogP contribution in [0.5, 0.6) is 0 Å². The van der Waals surface area contributed by atoms with Crippen LogP contribution in [-0.2, 0) is 0 Å². The van der Waals surface area contributed by atoms with Crippen molar-refractivity contribution in [3.05, 3.63) is 53.7 Å². The molecule has 4 aromatic rings. The van der Waals surface area contributed by atoms with Gasteiger partial charge in [-0.1, -0.05) is 36.0 Å². The van der Waals surface area contributed by atoms with Crippen LogP contribution in [0.3, 0.4) is 0 Å². The zero-order valence-corrected chi connectivity index (χ0v) is 14.2. The van der Waals surface area contributed by atoms with Gasteiger partial charge in [-0.2, -0.15) is 4.68 Å². The van der Waals surface area contributed by atoms with Gasteiger partial charge >= 0.3 is 0 Å². The van der Waals surface area contributed by atoms with E-state index >= 15 is 0 Å². The molecule has 0 bridgehead atoms. The van der Waals surface area contributed by atoms with E-state index in [4.69, 9.17) is 4.42 Å². The highest BCUT2D eigenvalue weighted by atomic mass is 32.2. The van der Waals surface area contributed by atoms with Gasteiger partial charge in [0.1, 0.15) is 0 Å². The summed E-state index contributed by atoms with van der Waals surface area (Å²) in [4.78, 5) is 0.955. The standard InChI is InChI=1S/C15H12N6OS2/c1-10(13-16-19-20-21(13)11-6-3-2-4-7-11)24-15-18-17-14(22-15)12-8-5-9-23-12/h2-10H,1H3/t10-/m1/s1. The molecule has 3 heterocycles. The molecule has 120 valence electrons. The Bertz CT molecular complexity index is 919. The number of hydrogen-bond acceptors (Lipinski definition) is 8. The summed E-state index contributed by atoms with van der Waals surface area (Å²) < 4.78 is 7.43. The van der Waals surface area contributed by atoms with Crippen LogP contribution in [0.1, 0.15) is 18.0 Å². The average molecular weight is 356 g/mol. The molecule has 4 rings (SSSR count). The van der Waals surface area contributed by atoms with Crippen LogP contribution in [0, 0.1) is 0 Å². The average Bonchev–Trinajstić information content (AvgIpc) is 3.36. The number of aromatic nitrogens is 6. The second kappa shape index (κ2) is 6.54. The van der Waals surface area contributed by atoms with Gasteiger partial charge in [-0.15, -0.1) is 26.6 Å². The summed E-state index contributed by atoms with van der Waals surface area (Å²) in [5.74, 6) is 1.25. The first kappa shape index (κ1) is 15.0. The fourth-order valence-electron chi connectivity index (χ4n) is 2.16. The van der Waals surface area contributed by atoms with E-state index in [0.29, 0.717) is 11.1 Å². The molecule has 3 aromatic heterocycles. The fourth-order valence-corrected chi connectivity index (χ4v) is 3.58. The minimum atomic E-state index is -0.0446. The molecule has 0 aliphatic heterocycles. The van der Waals surface area contributed by atoms with Gasteiger partial charge in [0.05, 0.1) is 15.8 Å². The fraction of sp³-hybridized carbons (Fsp3) is 0.133. The summed E-state index contributed by atoms with van der Waals surface area (Å²) in [6.07, 6.45) is 0. The summed E-state index contributed by atoms with van der Waals surface area (Å²) >= 11 is 2.99.